The maximum absolute atomic E-state index is 8.35. The summed E-state index contributed by atoms with van der Waals surface area (Å²) in [4.78, 5) is 4.49. The van der Waals surface area contributed by atoms with Crippen LogP contribution in [0.25, 0.3) is 0 Å². The molecule has 0 atom stereocenters. The van der Waals surface area contributed by atoms with Crippen LogP contribution in [0.3, 0.4) is 0 Å². The topological polar surface area (TPSA) is 30.3 Å². The van der Waals surface area contributed by atoms with Crippen LogP contribution in [0, 0.1) is 11.3 Å². The van der Waals surface area contributed by atoms with Gasteiger partial charge in [0.2, 0.25) is 0 Å². The number of hydrogen-bond acceptors (Lipinski definition) is 3. The Hall–Kier alpha value is -0.590. The molecule has 13 heavy (non-hydrogen) atoms. The number of hydrogen-bond donors (Lipinski definition) is 0. The molecular formula is C10H21N3. The van der Waals surface area contributed by atoms with Gasteiger partial charge in [-0.2, -0.15) is 5.26 Å². The van der Waals surface area contributed by atoms with E-state index >= 15 is 0 Å². The van der Waals surface area contributed by atoms with Crippen LogP contribution in [0.2, 0.25) is 0 Å². The lowest BCUT2D eigenvalue weighted by Crippen LogP contribution is -2.24. The second kappa shape index (κ2) is 8.03. The fourth-order valence-electron chi connectivity index (χ4n) is 1.20. The first kappa shape index (κ1) is 12.4. The average Bonchev–Trinajstić information content (AvgIpc) is 2.04. The van der Waals surface area contributed by atoms with Gasteiger partial charge in [-0.25, -0.2) is 0 Å². The molecular weight excluding hydrogens is 162 g/mol. The van der Waals surface area contributed by atoms with Crippen LogP contribution in [-0.2, 0) is 0 Å². The highest BCUT2D eigenvalue weighted by molar-refractivity contribution is 4.69. The smallest absolute Gasteiger partial charge is 0.0622 e. The van der Waals surface area contributed by atoms with Crippen molar-refractivity contribution < 1.29 is 0 Å². The first-order valence-corrected chi connectivity index (χ1v) is 4.87. The summed E-state index contributed by atoms with van der Waals surface area (Å²) in [5, 5.41) is 8.35. The van der Waals surface area contributed by atoms with Crippen LogP contribution in [0.5, 0.6) is 0 Å². The summed E-state index contributed by atoms with van der Waals surface area (Å²) in [5.74, 6) is 0. The molecule has 0 amide bonds. The molecule has 0 heterocycles. The molecule has 0 saturated heterocycles. The largest absolute Gasteiger partial charge is 0.309 e. The average molecular weight is 183 g/mol. The normalized spacial score (nSPS) is 10.8. The van der Waals surface area contributed by atoms with E-state index in [4.69, 9.17) is 5.26 Å². The van der Waals surface area contributed by atoms with E-state index in [0.29, 0.717) is 6.42 Å². The van der Waals surface area contributed by atoms with Gasteiger partial charge in [-0.3, -0.25) is 0 Å². The standard InChI is InChI=1S/C10H21N3/c1-12(2)8-6-10-13(3)9-5-4-7-11/h4-6,8-10H2,1-3H3. The Morgan fingerprint density at radius 3 is 2.15 bits per heavy atom. The van der Waals surface area contributed by atoms with Crippen molar-refractivity contribution in [2.24, 2.45) is 0 Å². The van der Waals surface area contributed by atoms with Gasteiger partial charge in [0.25, 0.3) is 0 Å². The monoisotopic (exact) mass is 183 g/mol. The second-order valence-electron chi connectivity index (χ2n) is 3.72. The molecule has 0 fully saturated rings. The summed E-state index contributed by atoms with van der Waals surface area (Å²) >= 11 is 0. The van der Waals surface area contributed by atoms with Gasteiger partial charge in [-0.1, -0.05) is 0 Å². The molecule has 0 spiro atoms. The van der Waals surface area contributed by atoms with Gasteiger partial charge in [-0.05, 0) is 53.6 Å². The Kier molecular flexibility index (Phi) is 7.66. The Morgan fingerprint density at radius 1 is 1.00 bits per heavy atom. The van der Waals surface area contributed by atoms with Gasteiger partial charge in [0.1, 0.15) is 0 Å². The zero-order valence-electron chi connectivity index (χ0n) is 9.08. The first-order valence-electron chi connectivity index (χ1n) is 4.87. The molecule has 0 saturated carbocycles. The minimum atomic E-state index is 0.679. The van der Waals surface area contributed by atoms with Crippen LogP contribution in [0.15, 0.2) is 0 Å². The molecule has 0 rings (SSSR count). The van der Waals surface area contributed by atoms with Gasteiger partial charge in [0, 0.05) is 6.42 Å². The summed E-state index contributed by atoms with van der Waals surface area (Å²) in [6, 6.07) is 2.16. The minimum Gasteiger partial charge on any atom is -0.309 e. The summed E-state index contributed by atoms with van der Waals surface area (Å²) in [7, 11) is 6.30. The van der Waals surface area contributed by atoms with Crippen LogP contribution >= 0.6 is 0 Å². The SMILES string of the molecule is CN(C)CCCN(C)CCCC#N. The van der Waals surface area contributed by atoms with Gasteiger partial charge in [0.15, 0.2) is 0 Å². The predicted octanol–water partition coefficient (Wildman–Crippen LogP) is 1.17. The van der Waals surface area contributed by atoms with Crippen LogP contribution in [0.1, 0.15) is 19.3 Å². The Balaban J connectivity index is 3.21. The van der Waals surface area contributed by atoms with Crippen molar-refractivity contribution in [3.05, 3.63) is 0 Å². The molecule has 0 aromatic carbocycles. The molecule has 0 bridgehead atoms. The third kappa shape index (κ3) is 9.32. The van der Waals surface area contributed by atoms with Gasteiger partial charge in [0.05, 0.1) is 6.07 Å². The van der Waals surface area contributed by atoms with E-state index in [1.807, 2.05) is 0 Å². The van der Waals surface area contributed by atoms with E-state index in [0.717, 1.165) is 26.1 Å². The highest BCUT2D eigenvalue weighted by Gasteiger charge is 1.97. The third-order valence-electron chi connectivity index (χ3n) is 1.97. The third-order valence-corrected chi connectivity index (χ3v) is 1.97. The maximum Gasteiger partial charge on any atom is 0.0622 e. The number of rotatable bonds is 7. The molecule has 0 aliphatic carbocycles. The van der Waals surface area contributed by atoms with Gasteiger partial charge < -0.3 is 9.80 Å². The summed E-state index contributed by atoms with van der Waals surface area (Å²) < 4.78 is 0. The number of nitriles is 1. The van der Waals surface area contributed by atoms with Crippen molar-refractivity contribution in [3.8, 4) is 6.07 Å². The van der Waals surface area contributed by atoms with Crippen LogP contribution in [-0.4, -0.2) is 50.6 Å². The highest BCUT2D eigenvalue weighted by atomic mass is 15.1. The lowest BCUT2D eigenvalue weighted by atomic mass is 10.3. The molecule has 3 nitrogen and oxygen atoms in total. The van der Waals surface area contributed by atoms with E-state index in [1.54, 1.807) is 0 Å². The van der Waals surface area contributed by atoms with E-state index in [2.05, 4.69) is 37.0 Å². The molecule has 0 radical (unpaired) electrons. The molecule has 0 aliphatic heterocycles. The molecule has 3 heteroatoms. The molecule has 76 valence electrons. The first-order chi connectivity index (χ1) is 6.16. The van der Waals surface area contributed by atoms with Gasteiger partial charge >= 0.3 is 0 Å². The lowest BCUT2D eigenvalue weighted by molar-refractivity contribution is 0.298. The van der Waals surface area contributed by atoms with Crippen LogP contribution < -0.4 is 0 Å². The van der Waals surface area contributed by atoms with E-state index in [-0.39, 0.29) is 0 Å². The number of unbranched alkanes of at least 4 members (excludes halogenated alkanes) is 1. The molecule has 0 unspecified atom stereocenters. The minimum absolute atomic E-state index is 0.679. The van der Waals surface area contributed by atoms with Crippen molar-refractivity contribution in [3.63, 3.8) is 0 Å². The Morgan fingerprint density at radius 2 is 1.62 bits per heavy atom. The fraction of sp³-hybridized carbons (Fsp3) is 0.900. The van der Waals surface area contributed by atoms with E-state index in [9.17, 15) is 0 Å². The molecule has 0 aliphatic rings. The summed E-state index contributed by atoms with van der Waals surface area (Å²) in [5.41, 5.74) is 0. The van der Waals surface area contributed by atoms with Crippen molar-refractivity contribution in [1.29, 1.82) is 5.26 Å². The number of nitrogens with zero attached hydrogens (tertiary/aromatic N) is 3. The quantitative estimate of drug-likeness (QED) is 0.555. The highest BCUT2D eigenvalue weighted by Crippen LogP contribution is 1.93. The van der Waals surface area contributed by atoms with Crippen molar-refractivity contribution in [2.75, 3.05) is 40.8 Å². The summed E-state index contributed by atoms with van der Waals surface area (Å²) in [6.07, 6.45) is 2.88. The maximum atomic E-state index is 8.35. The zero-order chi connectivity index (χ0) is 10.1. The van der Waals surface area contributed by atoms with E-state index in [1.165, 1.54) is 6.42 Å². The Labute approximate surface area is 81.9 Å². The van der Waals surface area contributed by atoms with Crippen molar-refractivity contribution in [1.82, 2.24) is 9.80 Å². The lowest BCUT2D eigenvalue weighted by Gasteiger charge is -2.17. The predicted molar refractivity (Wildman–Crippen MR) is 55.5 cm³/mol. The molecule has 0 aromatic heterocycles. The van der Waals surface area contributed by atoms with E-state index < -0.39 is 0 Å². The molecule has 0 N–H and O–H groups in total. The molecule has 0 aromatic rings. The van der Waals surface area contributed by atoms with Crippen molar-refractivity contribution in [2.45, 2.75) is 19.3 Å². The zero-order valence-corrected chi connectivity index (χ0v) is 9.08. The van der Waals surface area contributed by atoms with Gasteiger partial charge in [-0.15, -0.1) is 0 Å². The van der Waals surface area contributed by atoms with Crippen molar-refractivity contribution >= 4 is 0 Å². The Bertz CT molecular complexity index is 149. The van der Waals surface area contributed by atoms with Crippen LogP contribution in [0.4, 0.5) is 0 Å². The fourth-order valence-corrected chi connectivity index (χ4v) is 1.20. The summed E-state index contributed by atoms with van der Waals surface area (Å²) in [6.45, 7) is 3.31. The second-order valence-corrected chi connectivity index (χ2v) is 3.72.